The standard InChI is InChI=1S/C11H13N5O2/c12-9-2-1-7(5-8(9)11(13)17)14-4-3-10-15-6-16-18-10/h1-2,5-6,14H,3-4,12H2,(H2,13,17). The summed E-state index contributed by atoms with van der Waals surface area (Å²) in [5, 5.41) is 6.62. The summed E-state index contributed by atoms with van der Waals surface area (Å²) in [7, 11) is 0. The quantitative estimate of drug-likeness (QED) is 0.658. The van der Waals surface area contributed by atoms with Crippen molar-refractivity contribution in [3.05, 3.63) is 36.0 Å². The lowest BCUT2D eigenvalue weighted by atomic mass is 10.1. The van der Waals surface area contributed by atoms with E-state index in [4.69, 9.17) is 16.0 Å². The monoisotopic (exact) mass is 247 g/mol. The van der Waals surface area contributed by atoms with Gasteiger partial charge in [0.2, 0.25) is 5.89 Å². The molecule has 1 aromatic carbocycles. The van der Waals surface area contributed by atoms with Crippen LogP contribution in [0.15, 0.2) is 29.0 Å². The van der Waals surface area contributed by atoms with Crippen molar-refractivity contribution in [2.75, 3.05) is 17.6 Å². The summed E-state index contributed by atoms with van der Waals surface area (Å²) in [6.07, 6.45) is 1.94. The highest BCUT2D eigenvalue weighted by Crippen LogP contribution is 2.17. The van der Waals surface area contributed by atoms with Gasteiger partial charge in [-0.2, -0.15) is 4.98 Å². The summed E-state index contributed by atoms with van der Waals surface area (Å²) in [5.74, 6) is 0.00104. The molecule has 0 radical (unpaired) electrons. The molecule has 94 valence electrons. The first kappa shape index (κ1) is 11.9. The molecule has 0 aliphatic rings. The molecular weight excluding hydrogens is 234 g/mol. The van der Waals surface area contributed by atoms with Gasteiger partial charge in [-0.05, 0) is 18.2 Å². The third kappa shape index (κ3) is 2.76. The van der Waals surface area contributed by atoms with E-state index in [1.54, 1.807) is 18.2 Å². The minimum atomic E-state index is -0.548. The van der Waals surface area contributed by atoms with Crippen molar-refractivity contribution in [2.24, 2.45) is 5.73 Å². The highest BCUT2D eigenvalue weighted by Gasteiger charge is 2.06. The Labute approximate surface area is 103 Å². The second-order valence-electron chi connectivity index (χ2n) is 3.68. The molecule has 7 heteroatoms. The molecule has 1 heterocycles. The number of carbonyl (C=O) groups excluding carboxylic acids is 1. The van der Waals surface area contributed by atoms with E-state index < -0.39 is 5.91 Å². The molecule has 2 aromatic rings. The first-order valence-corrected chi connectivity index (χ1v) is 5.35. The van der Waals surface area contributed by atoms with Gasteiger partial charge in [-0.3, -0.25) is 4.79 Å². The van der Waals surface area contributed by atoms with Crippen LogP contribution in [0.5, 0.6) is 0 Å². The highest BCUT2D eigenvalue weighted by atomic mass is 16.5. The molecule has 0 unspecified atom stereocenters. The Balaban J connectivity index is 1.97. The Morgan fingerprint density at radius 1 is 1.44 bits per heavy atom. The van der Waals surface area contributed by atoms with Gasteiger partial charge in [0, 0.05) is 24.3 Å². The SMILES string of the molecule is NC(=O)c1cc(NCCc2ncno2)ccc1N. The number of anilines is 2. The Kier molecular flexibility index (Phi) is 3.42. The van der Waals surface area contributed by atoms with Crippen LogP contribution in [0.3, 0.4) is 0 Å². The van der Waals surface area contributed by atoms with Gasteiger partial charge in [-0.15, -0.1) is 0 Å². The van der Waals surface area contributed by atoms with Gasteiger partial charge in [-0.25, -0.2) is 0 Å². The fourth-order valence-electron chi connectivity index (χ4n) is 1.50. The van der Waals surface area contributed by atoms with E-state index in [1.807, 2.05) is 0 Å². The Morgan fingerprint density at radius 2 is 2.28 bits per heavy atom. The van der Waals surface area contributed by atoms with Crippen LogP contribution in [0.1, 0.15) is 16.2 Å². The van der Waals surface area contributed by atoms with Crippen LogP contribution in [0, 0.1) is 0 Å². The van der Waals surface area contributed by atoms with Crippen molar-refractivity contribution in [1.29, 1.82) is 0 Å². The molecular formula is C11H13N5O2. The molecule has 1 amide bonds. The van der Waals surface area contributed by atoms with E-state index in [0.29, 0.717) is 30.1 Å². The first-order chi connectivity index (χ1) is 8.66. The van der Waals surface area contributed by atoms with E-state index in [0.717, 1.165) is 5.69 Å². The minimum Gasteiger partial charge on any atom is -0.398 e. The maximum absolute atomic E-state index is 11.1. The minimum absolute atomic E-state index is 0.304. The van der Waals surface area contributed by atoms with Crippen molar-refractivity contribution in [3.63, 3.8) is 0 Å². The van der Waals surface area contributed by atoms with Crippen molar-refractivity contribution >= 4 is 17.3 Å². The highest BCUT2D eigenvalue weighted by molar-refractivity contribution is 5.98. The third-order valence-electron chi connectivity index (χ3n) is 2.39. The Morgan fingerprint density at radius 3 is 2.94 bits per heavy atom. The summed E-state index contributed by atoms with van der Waals surface area (Å²) in [6, 6.07) is 5.02. The van der Waals surface area contributed by atoms with Gasteiger partial charge in [0.15, 0.2) is 6.33 Å². The topological polar surface area (TPSA) is 120 Å². The Hall–Kier alpha value is -2.57. The molecule has 0 aliphatic carbocycles. The summed E-state index contributed by atoms with van der Waals surface area (Å²) in [6.45, 7) is 0.602. The fourth-order valence-corrected chi connectivity index (χ4v) is 1.50. The van der Waals surface area contributed by atoms with Crippen molar-refractivity contribution in [1.82, 2.24) is 10.1 Å². The number of carbonyl (C=O) groups is 1. The molecule has 0 bridgehead atoms. The molecule has 5 N–H and O–H groups in total. The van der Waals surface area contributed by atoms with Crippen LogP contribution in [-0.4, -0.2) is 22.6 Å². The van der Waals surface area contributed by atoms with E-state index in [9.17, 15) is 4.79 Å². The zero-order valence-electron chi connectivity index (χ0n) is 9.59. The van der Waals surface area contributed by atoms with Crippen LogP contribution in [0.25, 0.3) is 0 Å². The molecule has 0 fully saturated rings. The normalized spacial score (nSPS) is 10.2. The molecule has 0 aliphatic heterocycles. The summed E-state index contributed by atoms with van der Waals surface area (Å²) < 4.78 is 4.86. The maximum atomic E-state index is 11.1. The molecule has 0 atom stereocenters. The van der Waals surface area contributed by atoms with Gasteiger partial charge in [0.25, 0.3) is 5.91 Å². The number of nitrogen functional groups attached to an aromatic ring is 1. The number of amides is 1. The van der Waals surface area contributed by atoms with E-state index in [-0.39, 0.29) is 0 Å². The van der Waals surface area contributed by atoms with Crippen LogP contribution in [0.4, 0.5) is 11.4 Å². The number of hydrogen-bond acceptors (Lipinski definition) is 6. The lowest BCUT2D eigenvalue weighted by Gasteiger charge is -2.07. The second-order valence-corrected chi connectivity index (χ2v) is 3.68. The van der Waals surface area contributed by atoms with Crippen molar-refractivity contribution in [2.45, 2.75) is 6.42 Å². The van der Waals surface area contributed by atoms with Crippen LogP contribution in [0.2, 0.25) is 0 Å². The lowest BCUT2D eigenvalue weighted by Crippen LogP contribution is -2.14. The van der Waals surface area contributed by atoms with Crippen LogP contribution < -0.4 is 16.8 Å². The third-order valence-corrected chi connectivity index (χ3v) is 2.39. The van der Waals surface area contributed by atoms with Crippen molar-refractivity contribution in [3.8, 4) is 0 Å². The van der Waals surface area contributed by atoms with Crippen LogP contribution in [-0.2, 0) is 6.42 Å². The largest absolute Gasteiger partial charge is 0.398 e. The van der Waals surface area contributed by atoms with E-state index in [2.05, 4.69) is 15.5 Å². The molecule has 0 spiro atoms. The zero-order valence-corrected chi connectivity index (χ0v) is 9.59. The van der Waals surface area contributed by atoms with Gasteiger partial charge in [0.05, 0.1) is 5.56 Å². The van der Waals surface area contributed by atoms with E-state index in [1.165, 1.54) is 6.33 Å². The summed E-state index contributed by atoms with van der Waals surface area (Å²) >= 11 is 0. The number of aromatic nitrogens is 2. The number of nitrogens with two attached hydrogens (primary N) is 2. The molecule has 0 saturated carbocycles. The predicted molar refractivity (Wildman–Crippen MR) is 65.9 cm³/mol. The molecule has 1 aromatic heterocycles. The molecule has 7 nitrogen and oxygen atoms in total. The summed E-state index contributed by atoms with van der Waals surface area (Å²) in [4.78, 5) is 15.0. The fraction of sp³-hybridized carbons (Fsp3) is 0.182. The number of nitrogens with zero attached hydrogens (tertiary/aromatic N) is 2. The number of benzene rings is 1. The van der Waals surface area contributed by atoms with Gasteiger partial charge >= 0.3 is 0 Å². The second kappa shape index (κ2) is 5.17. The first-order valence-electron chi connectivity index (χ1n) is 5.35. The molecule has 0 saturated heterocycles. The van der Waals surface area contributed by atoms with E-state index >= 15 is 0 Å². The van der Waals surface area contributed by atoms with Gasteiger partial charge in [0.1, 0.15) is 0 Å². The Bertz CT molecular complexity index is 538. The predicted octanol–water partition coefficient (Wildman–Crippen LogP) is 0.405. The maximum Gasteiger partial charge on any atom is 0.250 e. The number of rotatable bonds is 5. The smallest absolute Gasteiger partial charge is 0.250 e. The lowest BCUT2D eigenvalue weighted by molar-refractivity contribution is 0.100. The van der Waals surface area contributed by atoms with Crippen LogP contribution >= 0.6 is 0 Å². The number of primary amides is 1. The summed E-state index contributed by atoms with van der Waals surface area (Å²) in [5.41, 5.74) is 12.3. The van der Waals surface area contributed by atoms with Crippen molar-refractivity contribution < 1.29 is 9.32 Å². The number of hydrogen-bond donors (Lipinski definition) is 3. The molecule has 2 rings (SSSR count). The number of nitrogens with one attached hydrogen (secondary N) is 1. The molecule has 18 heavy (non-hydrogen) atoms. The van der Waals surface area contributed by atoms with Gasteiger partial charge < -0.3 is 21.3 Å². The average Bonchev–Trinajstić information content (AvgIpc) is 2.84. The van der Waals surface area contributed by atoms with Gasteiger partial charge in [-0.1, -0.05) is 5.16 Å². The average molecular weight is 247 g/mol. The zero-order chi connectivity index (χ0) is 13.0.